The minimum atomic E-state index is -1.78. The van der Waals surface area contributed by atoms with E-state index in [0.29, 0.717) is 12.2 Å². The Balaban J connectivity index is 2.97. The second-order valence-corrected chi connectivity index (χ2v) is 4.87. The number of halogens is 3. The van der Waals surface area contributed by atoms with Gasteiger partial charge in [0.15, 0.2) is 0 Å². The van der Waals surface area contributed by atoms with Gasteiger partial charge >= 0.3 is 3.98 Å². The lowest BCUT2D eigenvalue weighted by Gasteiger charge is -2.16. The van der Waals surface area contributed by atoms with Gasteiger partial charge in [0, 0.05) is 0 Å². The van der Waals surface area contributed by atoms with Crippen LogP contribution in [0.3, 0.4) is 0 Å². The standard InChI is InChI=1S/C9H9Cl3O2/c1-2-6-5-7(13)3-4-8(6)14-9(10,11)12/h3-5,13H,2H2,1H3. The summed E-state index contributed by atoms with van der Waals surface area (Å²) < 4.78 is 3.29. The lowest BCUT2D eigenvalue weighted by atomic mass is 10.1. The van der Waals surface area contributed by atoms with Gasteiger partial charge in [0.2, 0.25) is 0 Å². The summed E-state index contributed by atoms with van der Waals surface area (Å²) in [7, 11) is 0. The van der Waals surface area contributed by atoms with Crippen LogP contribution in [-0.2, 0) is 6.42 Å². The summed E-state index contributed by atoms with van der Waals surface area (Å²) in [6, 6.07) is 4.62. The molecule has 0 amide bonds. The van der Waals surface area contributed by atoms with E-state index in [0.717, 1.165) is 5.56 Å². The van der Waals surface area contributed by atoms with Crippen molar-refractivity contribution in [3.8, 4) is 11.5 Å². The van der Waals surface area contributed by atoms with Crippen LogP contribution >= 0.6 is 34.8 Å². The fourth-order valence-electron chi connectivity index (χ4n) is 1.07. The molecule has 14 heavy (non-hydrogen) atoms. The molecule has 2 nitrogen and oxygen atoms in total. The molecule has 0 spiro atoms. The number of alkyl halides is 3. The molecule has 0 fully saturated rings. The molecule has 0 aliphatic carbocycles. The zero-order valence-electron chi connectivity index (χ0n) is 7.43. The maximum atomic E-state index is 9.21. The zero-order chi connectivity index (χ0) is 10.8. The molecule has 0 aliphatic heterocycles. The first-order valence-electron chi connectivity index (χ1n) is 4.00. The summed E-state index contributed by atoms with van der Waals surface area (Å²) in [6.07, 6.45) is 0.685. The van der Waals surface area contributed by atoms with Crippen molar-refractivity contribution in [3.63, 3.8) is 0 Å². The maximum absolute atomic E-state index is 9.21. The largest absolute Gasteiger partial charge is 0.508 e. The highest BCUT2D eigenvalue weighted by Gasteiger charge is 2.23. The molecule has 1 N–H and O–H groups in total. The van der Waals surface area contributed by atoms with Crippen molar-refractivity contribution in [2.24, 2.45) is 0 Å². The molecule has 0 unspecified atom stereocenters. The quantitative estimate of drug-likeness (QED) is 0.817. The highest BCUT2D eigenvalue weighted by Crippen LogP contribution is 2.33. The second kappa shape index (κ2) is 4.47. The minimum absolute atomic E-state index is 0.165. The van der Waals surface area contributed by atoms with Crippen LogP contribution in [-0.4, -0.2) is 9.09 Å². The van der Waals surface area contributed by atoms with Crippen molar-refractivity contribution >= 4 is 34.8 Å². The molecule has 0 saturated carbocycles. The predicted octanol–water partition coefficient (Wildman–Crippen LogP) is 3.66. The summed E-state index contributed by atoms with van der Waals surface area (Å²) in [5, 5.41) is 9.21. The van der Waals surface area contributed by atoms with Gasteiger partial charge in [-0.05, 0) is 65.0 Å². The molecule has 0 heterocycles. The van der Waals surface area contributed by atoms with Crippen molar-refractivity contribution in [1.82, 2.24) is 0 Å². The molecule has 0 bridgehead atoms. The number of hydrogen-bond donors (Lipinski definition) is 1. The average molecular weight is 256 g/mol. The number of ether oxygens (including phenoxy) is 1. The highest BCUT2D eigenvalue weighted by atomic mass is 35.6. The number of rotatable bonds is 2. The summed E-state index contributed by atoms with van der Waals surface area (Å²) in [5.41, 5.74) is 0.788. The van der Waals surface area contributed by atoms with E-state index in [1.54, 1.807) is 12.1 Å². The van der Waals surface area contributed by atoms with Crippen LogP contribution in [0.5, 0.6) is 11.5 Å². The molecule has 1 aromatic carbocycles. The van der Waals surface area contributed by atoms with E-state index in [1.807, 2.05) is 6.92 Å². The molecule has 0 aliphatic rings. The number of aryl methyl sites for hydroxylation is 1. The van der Waals surface area contributed by atoms with E-state index < -0.39 is 3.98 Å². The monoisotopic (exact) mass is 254 g/mol. The van der Waals surface area contributed by atoms with Gasteiger partial charge in [0.05, 0.1) is 0 Å². The predicted molar refractivity (Wildman–Crippen MR) is 58.4 cm³/mol. The molecule has 0 saturated heterocycles. The van der Waals surface area contributed by atoms with Crippen LogP contribution in [0.15, 0.2) is 18.2 Å². The van der Waals surface area contributed by atoms with Crippen LogP contribution < -0.4 is 4.74 Å². The topological polar surface area (TPSA) is 29.5 Å². The molecular formula is C9H9Cl3O2. The van der Waals surface area contributed by atoms with Gasteiger partial charge in [-0.25, -0.2) is 0 Å². The van der Waals surface area contributed by atoms with Crippen LogP contribution in [0.4, 0.5) is 0 Å². The Morgan fingerprint density at radius 3 is 2.50 bits per heavy atom. The van der Waals surface area contributed by atoms with Crippen molar-refractivity contribution in [2.45, 2.75) is 17.3 Å². The van der Waals surface area contributed by atoms with Crippen LogP contribution in [0, 0.1) is 0 Å². The van der Waals surface area contributed by atoms with E-state index in [-0.39, 0.29) is 5.75 Å². The zero-order valence-corrected chi connectivity index (χ0v) is 9.70. The first-order chi connectivity index (χ1) is 6.42. The molecular weight excluding hydrogens is 246 g/mol. The Morgan fingerprint density at radius 1 is 1.36 bits per heavy atom. The molecule has 78 valence electrons. The van der Waals surface area contributed by atoms with Crippen molar-refractivity contribution in [3.05, 3.63) is 23.8 Å². The summed E-state index contributed by atoms with van der Waals surface area (Å²) in [6.45, 7) is 1.92. The number of benzene rings is 1. The number of phenolic OH excluding ortho intramolecular Hbond substituents is 1. The Bertz CT molecular complexity index is 320. The maximum Gasteiger partial charge on any atom is 0.338 e. The smallest absolute Gasteiger partial charge is 0.338 e. The van der Waals surface area contributed by atoms with Gasteiger partial charge in [-0.2, -0.15) is 0 Å². The third-order valence-corrected chi connectivity index (χ3v) is 1.88. The summed E-state index contributed by atoms with van der Waals surface area (Å²) in [4.78, 5) is 0. The van der Waals surface area contributed by atoms with Crippen molar-refractivity contribution < 1.29 is 9.84 Å². The van der Waals surface area contributed by atoms with Crippen molar-refractivity contribution in [2.75, 3.05) is 0 Å². The SMILES string of the molecule is CCc1cc(O)ccc1OC(Cl)(Cl)Cl. The normalized spacial score (nSPS) is 11.4. The lowest BCUT2D eigenvalue weighted by Crippen LogP contribution is -2.13. The van der Waals surface area contributed by atoms with Crippen molar-refractivity contribution in [1.29, 1.82) is 0 Å². The Morgan fingerprint density at radius 2 is 2.00 bits per heavy atom. The Labute approximate surface area is 97.3 Å². The van der Waals surface area contributed by atoms with E-state index in [4.69, 9.17) is 39.5 Å². The van der Waals surface area contributed by atoms with Gasteiger partial charge in [-0.15, -0.1) is 0 Å². The third-order valence-electron chi connectivity index (χ3n) is 1.65. The van der Waals surface area contributed by atoms with Gasteiger partial charge in [0.1, 0.15) is 11.5 Å². The first-order valence-corrected chi connectivity index (χ1v) is 5.13. The molecule has 5 heteroatoms. The van der Waals surface area contributed by atoms with Crippen LogP contribution in [0.1, 0.15) is 12.5 Å². The molecule has 0 atom stereocenters. The van der Waals surface area contributed by atoms with E-state index in [1.165, 1.54) is 6.07 Å². The highest BCUT2D eigenvalue weighted by molar-refractivity contribution is 6.66. The second-order valence-electron chi connectivity index (χ2n) is 2.69. The number of phenols is 1. The molecule has 0 aromatic heterocycles. The van der Waals surface area contributed by atoms with Gasteiger partial charge in [-0.3, -0.25) is 0 Å². The fourth-order valence-corrected chi connectivity index (χ4v) is 1.32. The number of aromatic hydroxyl groups is 1. The first kappa shape index (κ1) is 11.8. The summed E-state index contributed by atoms with van der Waals surface area (Å²) >= 11 is 16.4. The minimum Gasteiger partial charge on any atom is -0.508 e. The molecule has 0 radical (unpaired) electrons. The third kappa shape index (κ3) is 3.45. The number of hydrogen-bond acceptors (Lipinski definition) is 2. The lowest BCUT2D eigenvalue weighted by molar-refractivity contribution is 0.316. The van der Waals surface area contributed by atoms with Gasteiger partial charge < -0.3 is 9.84 Å². The van der Waals surface area contributed by atoms with E-state index in [9.17, 15) is 5.11 Å². The van der Waals surface area contributed by atoms with Crippen LogP contribution in [0.25, 0.3) is 0 Å². The Hall–Kier alpha value is -0.310. The fraction of sp³-hybridized carbons (Fsp3) is 0.333. The van der Waals surface area contributed by atoms with Gasteiger partial charge in [-0.1, -0.05) is 6.92 Å². The molecule has 1 rings (SSSR count). The van der Waals surface area contributed by atoms with E-state index in [2.05, 4.69) is 0 Å². The van der Waals surface area contributed by atoms with E-state index >= 15 is 0 Å². The van der Waals surface area contributed by atoms with Crippen LogP contribution in [0.2, 0.25) is 0 Å². The van der Waals surface area contributed by atoms with Gasteiger partial charge in [0.25, 0.3) is 0 Å². The molecule has 1 aromatic rings. The Kier molecular flexibility index (Phi) is 3.76. The average Bonchev–Trinajstić information content (AvgIpc) is 2.06. The summed E-state index contributed by atoms with van der Waals surface area (Å²) in [5.74, 6) is 0.629.